The molecule has 0 saturated carbocycles. The van der Waals surface area contributed by atoms with Crippen LogP contribution in [0.5, 0.6) is 0 Å². The van der Waals surface area contributed by atoms with Gasteiger partial charge in [0, 0.05) is 31.2 Å². The highest BCUT2D eigenvalue weighted by Gasteiger charge is 2.50. The van der Waals surface area contributed by atoms with Gasteiger partial charge in [-0.05, 0) is 24.5 Å². The Morgan fingerprint density at radius 1 is 1.03 bits per heavy atom. The van der Waals surface area contributed by atoms with Gasteiger partial charge in [-0.1, -0.05) is 48.2 Å². The molecule has 2 saturated heterocycles. The van der Waals surface area contributed by atoms with E-state index in [1.807, 2.05) is 30.3 Å². The predicted octanol–water partition coefficient (Wildman–Crippen LogP) is 0.660. The van der Waals surface area contributed by atoms with Gasteiger partial charge in [0.2, 0.25) is 5.91 Å². The molecular weight excluding hydrogens is 908 g/mol. The van der Waals surface area contributed by atoms with Crippen LogP contribution in [-0.4, -0.2) is 121 Å². The molecule has 1 amide bonds. The zero-order valence-electron chi connectivity index (χ0n) is 33.6. The van der Waals surface area contributed by atoms with Gasteiger partial charge in [0.05, 0.1) is 19.5 Å². The average Bonchev–Trinajstić information content (AvgIpc) is 3.93. The molecule has 0 radical (unpaired) electrons. The minimum Gasteiger partial charge on any atom is -0.455 e. The fraction of sp³-hybridized carbons (Fsp3) is 0.444. The molecule has 0 bridgehead atoms. The third-order valence-corrected chi connectivity index (χ3v) is 12.1. The molecule has 28 heteroatoms. The van der Waals surface area contributed by atoms with Crippen LogP contribution < -0.4 is 22.5 Å². The molecule has 346 valence electrons. The number of ether oxygens (including phenoxy) is 3. The number of aromatic nitrogens is 6. The highest BCUT2D eigenvalue weighted by molar-refractivity contribution is 8.13. The van der Waals surface area contributed by atoms with Gasteiger partial charge in [-0.15, -0.1) is 6.58 Å². The molecule has 1 aromatic carbocycles. The van der Waals surface area contributed by atoms with Crippen LogP contribution in [0.2, 0.25) is 0 Å². The topological polar surface area (TPSA) is 364 Å². The van der Waals surface area contributed by atoms with Crippen LogP contribution in [0.15, 0.2) is 72.7 Å². The van der Waals surface area contributed by atoms with E-state index in [4.69, 9.17) is 34.7 Å². The second kappa shape index (κ2) is 21.4. The van der Waals surface area contributed by atoms with E-state index in [0.29, 0.717) is 12.2 Å². The summed E-state index contributed by atoms with van der Waals surface area (Å²) in [4.78, 5) is 97.9. The van der Waals surface area contributed by atoms with E-state index in [1.165, 1.54) is 29.2 Å². The SMILES string of the molecule is C=CCCC(=O)N[C@H](CC(=O)SCCc1ccccc1)C(=O)OC1C(COP(=O)(O)O[C@H]2C[C@H](n3ccc(N)nc3=O)O[C@@H]2COP(=O)(O)O)OC(n2cnc3c(N)ncnc32)C1O. The van der Waals surface area contributed by atoms with E-state index in [1.54, 1.807) is 0 Å². The number of phosphoric acid groups is 2. The van der Waals surface area contributed by atoms with E-state index in [9.17, 15) is 48.1 Å². The summed E-state index contributed by atoms with van der Waals surface area (Å²) in [6.45, 7) is 1.78. The number of nitrogens with zero attached hydrogens (tertiary/aromatic N) is 6. The summed E-state index contributed by atoms with van der Waals surface area (Å²) in [5.74, 6) is -1.53. The number of nitrogens with two attached hydrogens (primary N) is 2. The molecule has 2 aliphatic rings. The number of hydrogen-bond donors (Lipinski definition) is 7. The molecule has 64 heavy (non-hydrogen) atoms. The van der Waals surface area contributed by atoms with Crippen molar-refractivity contribution in [3.63, 3.8) is 0 Å². The second-order valence-corrected chi connectivity index (χ2v) is 18.0. The number of benzene rings is 1. The highest BCUT2D eigenvalue weighted by Crippen LogP contribution is 2.50. The van der Waals surface area contributed by atoms with Gasteiger partial charge in [0.25, 0.3) is 0 Å². The first-order valence-electron chi connectivity index (χ1n) is 19.3. The zero-order valence-corrected chi connectivity index (χ0v) is 36.2. The van der Waals surface area contributed by atoms with Crippen LogP contribution >= 0.6 is 27.4 Å². The number of amides is 1. The van der Waals surface area contributed by atoms with E-state index in [-0.39, 0.29) is 42.1 Å². The number of allylic oxidation sites excluding steroid dienone is 1. The van der Waals surface area contributed by atoms with Crippen molar-refractivity contribution in [2.45, 2.75) is 81.1 Å². The van der Waals surface area contributed by atoms with Gasteiger partial charge in [-0.25, -0.2) is 33.7 Å². The Labute approximate surface area is 367 Å². The number of nitrogens with one attached hydrogen (secondary N) is 1. The normalized spacial score (nSPS) is 23.7. The first kappa shape index (κ1) is 48.5. The first-order valence-corrected chi connectivity index (χ1v) is 23.3. The van der Waals surface area contributed by atoms with E-state index in [0.717, 1.165) is 28.2 Å². The van der Waals surface area contributed by atoms with Crippen LogP contribution in [0.3, 0.4) is 0 Å². The Kier molecular flexibility index (Phi) is 16.2. The largest absolute Gasteiger partial charge is 0.472 e. The molecule has 6 rings (SSSR count). The number of aryl methyl sites for hydroxylation is 1. The average molecular weight is 954 g/mol. The Morgan fingerprint density at radius 2 is 1.78 bits per heavy atom. The van der Waals surface area contributed by atoms with Gasteiger partial charge in [0.15, 0.2) is 28.9 Å². The number of nitrogen functional groups attached to an aromatic ring is 2. The number of hydrogen-bond acceptors (Lipinski definition) is 20. The van der Waals surface area contributed by atoms with Crippen LogP contribution in [0, 0.1) is 0 Å². The number of fused-ring (bicyclic) bond motifs is 1. The van der Waals surface area contributed by atoms with Crippen molar-refractivity contribution in [1.29, 1.82) is 0 Å². The van der Waals surface area contributed by atoms with Gasteiger partial charge in [-0.3, -0.25) is 32.3 Å². The maximum absolute atomic E-state index is 13.9. The number of anilines is 2. The van der Waals surface area contributed by atoms with Crippen LogP contribution in [0.1, 0.15) is 43.7 Å². The maximum atomic E-state index is 13.9. The van der Waals surface area contributed by atoms with Crippen LogP contribution in [0.25, 0.3) is 11.2 Å². The number of rotatable bonds is 21. The number of thioether (sulfide) groups is 1. The first-order chi connectivity index (χ1) is 30.4. The van der Waals surface area contributed by atoms with Crippen molar-refractivity contribution in [1.82, 2.24) is 34.4 Å². The smallest absolute Gasteiger partial charge is 0.455 e. The summed E-state index contributed by atoms with van der Waals surface area (Å²) in [5.41, 5.74) is 11.8. The number of aliphatic hydroxyl groups is 1. The van der Waals surface area contributed by atoms with E-state index < -0.39 is 107 Å². The number of carbonyl (C=O) groups excluding carboxylic acids is 3. The molecule has 3 aromatic heterocycles. The molecular formula is C36H45N9O16P2S. The molecule has 9 atom stereocenters. The molecule has 0 aliphatic carbocycles. The Morgan fingerprint density at radius 3 is 2.50 bits per heavy atom. The van der Waals surface area contributed by atoms with Crippen molar-refractivity contribution in [2.75, 3.05) is 30.4 Å². The number of phosphoric ester groups is 2. The lowest BCUT2D eigenvalue weighted by Crippen LogP contribution is -2.47. The Bertz CT molecular complexity index is 2460. The summed E-state index contributed by atoms with van der Waals surface area (Å²) in [6, 6.07) is 9.08. The Balaban J connectivity index is 1.21. The minimum atomic E-state index is -5.26. The van der Waals surface area contributed by atoms with Crippen molar-refractivity contribution >= 4 is 67.2 Å². The maximum Gasteiger partial charge on any atom is 0.472 e. The molecule has 0 spiro atoms. The summed E-state index contributed by atoms with van der Waals surface area (Å²) in [6.07, 6.45) is -5.90. The fourth-order valence-corrected chi connectivity index (χ4v) is 8.82. The van der Waals surface area contributed by atoms with Crippen molar-refractivity contribution < 1.29 is 71.1 Å². The van der Waals surface area contributed by atoms with Crippen molar-refractivity contribution in [3.05, 3.63) is 84.0 Å². The zero-order chi connectivity index (χ0) is 46.2. The van der Waals surface area contributed by atoms with Gasteiger partial charge in [-0.2, -0.15) is 4.98 Å². The lowest BCUT2D eigenvalue weighted by atomic mass is 10.1. The number of esters is 1. The quantitative estimate of drug-likeness (QED) is 0.0343. The van der Waals surface area contributed by atoms with Gasteiger partial charge in [0.1, 0.15) is 54.3 Å². The monoisotopic (exact) mass is 953 g/mol. The van der Waals surface area contributed by atoms with Crippen LogP contribution in [0.4, 0.5) is 11.6 Å². The lowest BCUT2D eigenvalue weighted by Gasteiger charge is -2.25. The number of carbonyl (C=O) groups is 3. The molecule has 5 unspecified atom stereocenters. The predicted molar refractivity (Wildman–Crippen MR) is 223 cm³/mol. The molecule has 25 nitrogen and oxygen atoms in total. The minimum absolute atomic E-state index is 0.0148. The van der Waals surface area contributed by atoms with Gasteiger partial charge >= 0.3 is 27.3 Å². The highest BCUT2D eigenvalue weighted by atomic mass is 32.2. The third kappa shape index (κ3) is 12.9. The van der Waals surface area contributed by atoms with Crippen molar-refractivity contribution in [3.8, 4) is 0 Å². The van der Waals surface area contributed by atoms with Gasteiger partial charge < -0.3 is 50.8 Å². The third-order valence-electron chi connectivity index (χ3n) is 9.71. The standard InChI is InChI=1S/C36H45N9O16P2S/c1-2-3-9-26(46)42-21(14-28(47)64-13-11-20-7-5-4-6-8-20)35(49)60-31-24(59-34(30(31)48)45-19-41-29-32(38)39-18-40-33(29)45)17-57-63(54,55)61-22-15-27(44-12-10-25(37)43-36(44)50)58-23(22)16-56-62(51,52)53/h2,4-8,10,12,18-19,21-24,27,30-31,34,48H,1,3,9,11,13-17H2,(H,42,46)(H,54,55)(H2,37,43,50)(H2,38,39,40)(H2,51,52,53)/t21-,22+,23-,24?,27-,30?,31?,34?/m1/s1. The molecule has 9 N–H and O–H groups in total. The molecule has 2 fully saturated rings. The number of imidazole rings is 1. The summed E-state index contributed by atoms with van der Waals surface area (Å²) < 4.78 is 60.1. The lowest BCUT2D eigenvalue weighted by molar-refractivity contribution is -0.160. The molecule has 2 aliphatic heterocycles. The van der Waals surface area contributed by atoms with E-state index >= 15 is 0 Å². The van der Waals surface area contributed by atoms with Crippen LogP contribution in [-0.2, 0) is 57.7 Å². The van der Waals surface area contributed by atoms with E-state index in [2.05, 4.69) is 36.4 Å². The summed E-state index contributed by atoms with van der Waals surface area (Å²) in [5, 5.41) is 13.8. The second-order valence-electron chi connectivity index (χ2n) is 14.2. The molecule has 4 aromatic rings. The summed E-state index contributed by atoms with van der Waals surface area (Å²) in [7, 11) is -10.4. The number of aliphatic hydroxyl groups excluding tert-OH is 1. The summed E-state index contributed by atoms with van der Waals surface area (Å²) >= 11 is 0.941. The molecule has 5 heterocycles. The fourth-order valence-electron chi connectivity index (χ4n) is 6.66. The van der Waals surface area contributed by atoms with Crippen molar-refractivity contribution in [2.24, 2.45) is 0 Å². The Hall–Kier alpha value is -4.95.